The second kappa shape index (κ2) is 9.51. The van der Waals surface area contributed by atoms with Crippen molar-refractivity contribution in [1.82, 2.24) is 15.3 Å². The summed E-state index contributed by atoms with van der Waals surface area (Å²) in [7, 11) is 0. The van der Waals surface area contributed by atoms with Gasteiger partial charge in [-0.05, 0) is 62.9 Å². The van der Waals surface area contributed by atoms with Gasteiger partial charge in [0.1, 0.15) is 5.82 Å². The van der Waals surface area contributed by atoms with Crippen molar-refractivity contribution in [2.24, 2.45) is 0 Å². The molecule has 0 aliphatic heterocycles. The van der Waals surface area contributed by atoms with Crippen LogP contribution in [0.4, 0.5) is 5.82 Å². The summed E-state index contributed by atoms with van der Waals surface area (Å²) in [5, 5.41) is 2.96. The average Bonchev–Trinajstić information content (AvgIpc) is 2.60. The summed E-state index contributed by atoms with van der Waals surface area (Å²) >= 11 is 0. The quantitative estimate of drug-likeness (QED) is 0.747. The van der Waals surface area contributed by atoms with E-state index in [1.54, 1.807) is 12.3 Å². The Morgan fingerprint density at radius 2 is 2.08 bits per heavy atom. The number of nitrogens with two attached hydrogens (primary N) is 1. The minimum Gasteiger partial charge on any atom is -0.384 e. The predicted octanol–water partition coefficient (Wildman–Crippen LogP) is 3.67. The molecule has 2 rings (SSSR count). The Labute approximate surface area is 155 Å². The number of nitrogens with zero attached hydrogens (tertiary/aromatic N) is 2. The number of aromatic nitrogens is 2. The first-order valence-corrected chi connectivity index (χ1v) is 8.74. The van der Waals surface area contributed by atoms with Gasteiger partial charge in [0.25, 0.3) is 5.91 Å². The van der Waals surface area contributed by atoms with E-state index in [4.69, 9.17) is 5.73 Å². The molecule has 26 heavy (non-hydrogen) atoms. The summed E-state index contributed by atoms with van der Waals surface area (Å²) in [6, 6.07) is 5.40. The van der Waals surface area contributed by atoms with Crippen LogP contribution < -0.4 is 11.1 Å². The van der Waals surface area contributed by atoms with Gasteiger partial charge in [-0.15, -0.1) is 0 Å². The topological polar surface area (TPSA) is 80.9 Å². The molecule has 0 aliphatic carbocycles. The first-order chi connectivity index (χ1) is 12.5. The van der Waals surface area contributed by atoms with Crippen LogP contribution in [0.5, 0.6) is 0 Å². The van der Waals surface area contributed by atoms with Crippen LogP contribution in [0.2, 0.25) is 0 Å². The fourth-order valence-electron chi connectivity index (χ4n) is 2.70. The highest BCUT2D eigenvalue weighted by Gasteiger charge is 2.10. The van der Waals surface area contributed by atoms with Crippen molar-refractivity contribution in [1.29, 1.82) is 0 Å². The molecule has 0 unspecified atom stereocenters. The van der Waals surface area contributed by atoms with Crippen LogP contribution in [-0.4, -0.2) is 15.9 Å². The van der Waals surface area contributed by atoms with E-state index in [-0.39, 0.29) is 5.91 Å². The standard InChI is InChI=1S/C21H26N4O/c1-4-5-6-7-8-9-18-13-17(10-11-23-18)21(26)24-14-19-15(2)12-20(22)25-16(19)3/h4-7,10-13H,8-9,14H2,1-3H3,(H2,22,25)(H,24,26)/b5-4+,7-6+. The van der Waals surface area contributed by atoms with Crippen molar-refractivity contribution in [3.8, 4) is 0 Å². The van der Waals surface area contributed by atoms with Gasteiger partial charge >= 0.3 is 0 Å². The maximum absolute atomic E-state index is 12.5. The highest BCUT2D eigenvalue weighted by Crippen LogP contribution is 2.14. The maximum atomic E-state index is 12.5. The highest BCUT2D eigenvalue weighted by molar-refractivity contribution is 5.94. The number of carbonyl (C=O) groups excluding carboxylic acids is 1. The molecule has 2 aromatic rings. The molecular formula is C21H26N4O. The molecule has 5 nitrogen and oxygen atoms in total. The number of nitrogens with one attached hydrogen (secondary N) is 1. The summed E-state index contributed by atoms with van der Waals surface area (Å²) in [6.07, 6.45) is 11.5. The zero-order valence-corrected chi connectivity index (χ0v) is 15.6. The number of hydrogen-bond donors (Lipinski definition) is 2. The molecule has 3 N–H and O–H groups in total. The van der Waals surface area contributed by atoms with Gasteiger partial charge in [-0.1, -0.05) is 24.3 Å². The molecule has 0 radical (unpaired) electrons. The molecule has 0 bridgehead atoms. The lowest BCUT2D eigenvalue weighted by Crippen LogP contribution is -2.24. The third-order valence-electron chi connectivity index (χ3n) is 4.09. The number of anilines is 1. The van der Waals surface area contributed by atoms with Gasteiger partial charge in [0.15, 0.2) is 0 Å². The molecule has 0 aliphatic rings. The van der Waals surface area contributed by atoms with Gasteiger partial charge in [0.05, 0.1) is 0 Å². The fourth-order valence-corrected chi connectivity index (χ4v) is 2.70. The van der Waals surface area contributed by atoms with Gasteiger partial charge in [0.2, 0.25) is 0 Å². The van der Waals surface area contributed by atoms with Crippen molar-refractivity contribution < 1.29 is 4.79 Å². The van der Waals surface area contributed by atoms with Crippen molar-refractivity contribution in [2.75, 3.05) is 5.73 Å². The smallest absolute Gasteiger partial charge is 0.251 e. The second-order valence-corrected chi connectivity index (χ2v) is 6.14. The molecule has 2 aromatic heterocycles. The number of aryl methyl sites for hydroxylation is 3. The Hall–Kier alpha value is -2.95. The Bertz CT molecular complexity index is 802. The minimum absolute atomic E-state index is 0.117. The normalized spacial score (nSPS) is 11.3. The van der Waals surface area contributed by atoms with E-state index in [9.17, 15) is 4.79 Å². The molecule has 0 fully saturated rings. The number of pyridine rings is 2. The molecule has 0 saturated heterocycles. The fraction of sp³-hybridized carbons (Fsp3) is 0.286. The second-order valence-electron chi connectivity index (χ2n) is 6.14. The monoisotopic (exact) mass is 350 g/mol. The number of hydrogen-bond acceptors (Lipinski definition) is 4. The molecule has 5 heteroatoms. The lowest BCUT2D eigenvalue weighted by molar-refractivity contribution is 0.0950. The van der Waals surface area contributed by atoms with Crippen LogP contribution in [0, 0.1) is 13.8 Å². The van der Waals surface area contributed by atoms with Crippen LogP contribution in [0.1, 0.15) is 46.2 Å². The highest BCUT2D eigenvalue weighted by atomic mass is 16.1. The Kier molecular flexibility index (Phi) is 7.09. The number of allylic oxidation sites excluding steroid dienone is 4. The average molecular weight is 350 g/mol. The lowest BCUT2D eigenvalue weighted by atomic mass is 10.1. The molecule has 0 saturated carbocycles. The van der Waals surface area contributed by atoms with Gasteiger partial charge < -0.3 is 11.1 Å². The third kappa shape index (κ3) is 5.55. The summed E-state index contributed by atoms with van der Waals surface area (Å²) in [5.74, 6) is 0.381. The molecule has 0 aromatic carbocycles. The number of carbonyl (C=O) groups is 1. The van der Waals surface area contributed by atoms with E-state index in [2.05, 4.69) is 21.4 Å². The van der Waals surface area contributed by atoms with Crippen LogP contribution in [-0.2, 0) is 13.0 Å². The van der Waals surface area contributed by atoms with Crippen molar-refractivity contribution in [2.45, 2.75) is 40.2 Å². The lowest BCUT2D eigenvalue weighted by Gasteiger charge is -2.11. The van der Waals surface area contributed by atoms with Crippen LogP contribution >= 0.6 is 0 Å². The van der Waals surface area contributed by atoms with E-state index in [0.717, 1.165) is 35.4 Å². The van der Waals surface area contributed by atoms with E-state index in [1.807, 2.05) is 51.1 Å². The van der Waals surface area contributed by atoms with Crippen LogP contribution in [0.25, 0.3) is 0 Å². The van der Waals surface area contributed by atoms with Gasteiger partial charge in [0, 0.05) is 29.7 Å². The number of amides is 1. The first-order valence-electron chi connectivity index (χ1n) is 8.74. The summed E-state index contributed by atoms with van der Waals surface area (Å²) in [4.78, 5) is 21.1. The van der Waals surface area contributed by atoms with E-state index in [0.29, 0.717) is 17.9 Å². The summed E-state index contributed by atoms with van der Waals surface area (Å²) in [6.45, 7) is 6.28. The van der Waals surface area contributed by atoms with Crippen molar-refractivity contribution >= 4 is 11.7 Å². The van der Waals surface area contributed by atoms with Gasteiger partial charge in [-0.3, -0.25) is 9.78 Å². The largest absolute Gasteiger partial charge is 0.384 e. The Morgan fingerprint density at radius 1 is 1.27 bits per heavy atom. The molecule has 0 spiro atoms. The van der Waals surface area contributed by atoms with Crippen molar-refractivity contribution in [3.05, 3.63) is 76.8 Å². The summed E-state index contributed by atoms with van der Waals surface area (Å²) in [5.41, 5.74) is 10.1. The van der Waals surface area contributed by atoms with E-state index in [1.165, 1.54) is 0 Å². The molecule has 2 heterocycles. The maximum Gasteiger partial charge on any atom is 0.251 e. The molecule has 0 atom stereocenters. The van der Waals surface area contributed by atoms with E-state index >= 15 is 0 Å². The Morgan fingerprint density at radius 3 is 2.81 bits per heavy atom. The third-order valence-corrected chi connectivity index (χ3v) is 4.09. The SMILES string of the molecule is C/C=C/C=C/CCc1cc(C(=O)NCc2c(C)cc(N)nc2C)ccn1. The van der Waals surface area contributed by atoms with Gasteiger partial charge in [-0.2, -0.15) is 0 Å². The molecule has 136 valence electrons. The molecular weight excluding hydrogens is 324 g/mol. The van der Waals surface area contributed by atoms with E-state index < -0.39 is 0 Å². The zero-order chi connectivity index (χ0) is 18.9. The zero-order valence-electron chi connectivity index (χ0n) is 15.6. The predicted molar refractivity (Wildman–Crippen MR) is 106 cm³/mol. The molecule has 1 amide bonds. The first kappa shape index (κ1) is 19.4. The minimum atomic E-state index is -0.117. The number of rotatable bonds is 7. The van der Waals surface area contributed by atoms with Crippen molar-refractivity contribution in [3.63, 3.8) is 0 Å². The van der Waals surface area contributed by atoms with Gasteiger partial charge in [-0.25, -0.2) is 4.98 Å². The van der Waals surface area contributed by atoms with Crippen LogP contribution in [0.15, 0.2) is 48.7 Å². The Balaban J connectivity index is 1.98. The van der Waals surface area contributed by atoms with Crippen LogP contribution in [0.3, 0.4) is 0 Å². The summed E-state index contributed by atoms with van der Waals surface area (Å²) < 4.78 is 0. The number of nitrogen functional groups attached to an aromatic ring is 1.